The number of ether oxygens (including phenoxy) is 2. The molecule has 0 bridgehead atoms. The fraction of sp³-hybridized carbons (Fsp3) is 0.100. The minimum Gasteiger partial charge on any atom is -0.493 e. The fourth-order valence-electron chi connectivity index (χ4n) is 2.15. The highest BCUT2D eigenvalue weighted by molar-refractivity contribution is 6.33. The lowest BCUT2D eigenvalue weighted by Gasteiger charge is -2.10. The first-order valence-electron chi connectivity index (χ1n) is 7.64. The highest BCUT2D eigenvalue weighted by atomic mass is 35.5. The summed E-state index contributed by atoms with van der Waals surface area (Å²) >= 11 is 6.14. The van der Waals surface area contributed by atoms with Gasteiger partial charge in [-0.15, -0.1) is 0 Å². The van der Waals surface area contributed by atoms with Gasteiger partial charge in [-0.05, 0) is 29.8 Å². The van der Waals surface area contributed by atoms with Gasteiger partial charge in [0.05, 0.1) is 14.2 Å². The molecule has 0 aromatic heterocycles. The molecular formula is C20H17ClN2O3. The molecule has 0 atom stereocenters. The van der Waals surface area contributed by atoms with Crippen molar-refractivity contribution in [1.82, 2.24) is 0 Å². The second kappa shape index (κ2) is 9.30. The van der Waals surface area contributed by atoms with E-state index in [9.17, 15) is 10.1 Å². The number of allylic oxidation sites excluding steroid dienone is 2. The second-order valence-corrected chi connectivity index (χ2v) is 5.57. The van der Waals surface area contributed by atoms with Crippen LogP contribution in [0.25, 0.3) is 6.08 Å². The number of nitrogens with zero attached hydrogens (tertiary/aromatic N) is 1. The standard InChI is InChI=1S/C20H17ClN2O3/c1-25-18-9-8-17(12-19(18)26-2)23-20(24)15(13-22)11-16(21)10-14-6-4-3-5-7-14/h3-12H,1-2H3,(H,23,24)/b15-11+,16-10?. The van der Waals surface area contributed by atoms with Crippen LogP contribution in [0, 0.1) is 11.3 Å². The van der Waals surface area contributed by atoms with Gasteiger partial charge in [0.2, 0.25) is 0 Å². The van der Waals surface area contributed by atoms with E-state index in [1.54, 1.807) is 24.3 Å². The van der Waals surface area contributed by atoms with Gasteiger partial charge in [-0.2, -0.15) is 5.26 Å². The summed E-state index contributed by atoms with van der Waals surface area (Å²) in [5.41, 5.74) is 1.22. The number of rotatable bonds is 6. The molecule has 0 heterocycles. The Kier molecular flexibility index (Phi) is 6.84. The average molecular weight is 369 g/mol. The molecule has 0 aliphatic rings. The number of nitrogens with one attached hydrogen (secondary N) is 1. The van der Waals surface area contributed by atoms with E-state index in [-0.39, 0.29) is 10.6 Å². The number of hydrogen-bond donors (Lipinski definition) is 1. The SMILES string of the molecule is COc1ccc(NC(=O)/C(C#N)=C/C(Cl)=Cc2ccccc2)cc1OC. The van der Waals surface area contributed by atoms with Crippen molar-refractivity contribution in [2.24, 2.45) is 0 Å². The molecule has 0 aliphatic heterocycles. The molecule has 2 aromatic rings. The van der Waals surface area contributed by atoms with Crippen molar-refractivity contribution in [1.29, 1.82) is 5.26 Å². The predicted octanol–water partition coefficient (Wildman–Crippen LogP) is 4.37. The summed E-state index contributed by atoms with van der Waals surface area (Å²) in [6.45, 7) is 0. The van der Waals surface area contributed by atoms with Gasteiger partial charge in [-0.1, -0.05) is 41.9 Å². The van der Waals surface area contributed by atoms with Crippen LogP contribution in [0.1, 0.15) is 5.56 Å². The normalized spacial score (nSPS) is 11.5. The van der Waals surface area contributed by atoms with Crippen molar-refractivity contribution in [2.45, 2.75) is 0 Å². The molecule has 2 aromatic carbocycles. The maximum Gasteiger partial charge on any atom is 0.266 e. The topological polar surface area (TPSA) is 71.3 Å². The van der Waals surface area contributed by atoms with Crippen molar-refractivity contribution >= 4 is 29.3 Å². The van der Waals surface area contributed by atoms with Crippen molar-refractivity contribution in [3.63, 3.8) is 0 Å². The Labute approximate surface area is 157 Å². The molecule has 0 aliphatic carbocycles. The number of methoxy groups -OCH3 is 2. The van der Waals surface area contributed by atoms with Gasteiger partial charge in [-0.25, -0.2) is 0 Å². The van der Waals surface area contributed by atoms with E-state index in [2.05, 4.69) is 5.32 Å². The number of amides is 1. The van der Waals surface area contributed by atoms with E-state index in [1.807, 2.05) is 36.4 Å². The molecule has 0 fully saturated rings. The van der Waals surface area contributed by atoms with Crippen molar-refractivity contribution < 1.29 is 14.3 Å². The molecule has 5 nitrogen and oxygen atoms in total. The molecule has 0 saturated carbocycles. The highest BCUT2D eigenvalue weighted by Gasteiger charge is 2.12. The molecule has 1 amide bonds. The predicted molar refractivity (Wildman–Crippen MR) is 102 cm³/mol. The van der Waals surface area contributed by atoms with E-state index in [0.717, 1.165) is 5.56 Å². The van der Waals surface area contributed by atoms with Gasteiger partial charge in [0.1, 0.15) is 11.6 Å². The number of hydrogen-bond acceptors (Lipinski definition) is 4. The first-order chi connectivity index (χ1) is 12.6. The second-order valence-electron chi connectivity index (χ2n) is 5.13. The Balaban J connectivity index is 2.18. The van der Waals surface area contributed by atoms with Crippen LogP contribution < -0.4 is 14.8 Å². The molecule has 132 valence electrons. The molecule has 26 heavy (non-hydrogen) atoms. The van der Waals surface area contributed by atoms with Crippen LogP contribution in [0.5, 0.6) is 11.5 Å². The third-order valence-corrected chi connectivity index (χ3v) is 3.61. The van der Waals surface area contributed by atoms with Crippen LogP contribution in [0.15, 0.2) is 65.2 Å². The maximum atomic E-state index is 12.3. The van der Waals surface area contributed by atoms with Crippen LogP contribution in [0.3, 0.4) is 0 Å². The first-order valence-corrected chi connectivity index (χ1v) is 8.02. The fourth-order valence-corrected chi connectivity index (χ4v) is 2.38. The van der Waals surface area contributed by atoms with Crippen LogP contribution in [0.4, 0.5) is 5.69 Å². The van der Waals surface area contributed by atoms with Crippen LogP contribution in [0.2, 0.25) is 0 Å². The molecule has 0 unspecified atom stereocenters. The third kappa shape index (κ3) is 5.13. The van der Waals surface area contributed by atoms with Gasteiger partial charge in [-0.3, -0.25) is 4.79 Å². The average Bonchev–Trinajstić information content (AvgIpc) is 2.66. The van der Waals surface area contributed by atoms with E-state index in [4.69, 9.17) is 21.1 Å². The molecule has 0 saturated heterocycles. The van der Waals surface area contributed by atoms with E-state index < -0.39 is 5.91 Å². The summed E-state index contributed by atoms with van der Waals surface area (Å²) in [5.74, 6) is 0.435. The van der Waals surface area contributed by atoms with Crippen molar-refractivity contribution in [2.75, 3.05) is 19.5 Å². The lowest BCUT2D eigenvalue weighted by Crippen LogP contribution is -2.13. The number of halogens is 1. The number of carbonyl (C=O) groups excluding carboxylic acids is 1. The monoisotopic (exact) mass is 368 g/mol. The summed E-state index contributed by atoms with van der Waals surface area (Å²) in [7, 11) is 3.02. The smallest absolute Gasteiger partial charge is 0.266 e. The minimum atomic E-state index is -0.570. The van der Waals surface area contributed by atoms with Gasteiger partial charge < -0.3 is 14.8 Å². The zero-order valence-corrected chi connectivity index (χ0v) is 15.1. The van der Waals surface area contributed by atoms with Crippen LogP contribution >= 0.6 is 11.6 Å². The Morgan fingerprint density at radius 1 is 1.12 bits per heavy atom. The number of carbonyl (C=O) groups is 1. The van der Waals surface area contributed by atoms with E-state index in [0.29, 0.717) is 17.2 Å². The van der Waals surface area contributed by atoms with E-state index >= 15 is 0 Å². The summed E-state index contributed by atoms with van der Waals surface area (Å²) in [6.07, 6.45) is 2.99. The van der Waals surface area contributed by atoms with Gasteiger partial charge in [0.15, 0.2) is 11.5 Å². The first kappa shape index (κ1) is 19.1. The lowest BCUT2D eigenvalue weighted by molar-refractivity contribution is -0.112. The number of benzene rings is 2. The van der Waals surface area contributed by atoms with Crippen molar-refractivity contribution in [3.05, 3.63) is 70.8 Å². The van der Waals surface area contributed by atoms with Gasteiger partial charge in [0.25, 0.3) is 5.91 Å². The molecule has 1 N–H and O–H groups in total. The zero-order valence-electron chi connectivity index (χ0n) is 14.3. The Morgan fingerprint density at radius 2 is 1.81 bits per heavy atom. The zero-order chi connectivity index (χ0) is 18.9. The Hall–Kier alpha value is -3.23. The van der Waals surface area contributed by atoms with Gasteiger partial charge >= 0.3 is 0 Å². The third-order valence-electron chi connectivity index (χ3n) is 3.39. The minimum absolute atomic E-state index is 0.114. The quantitative estimate of drug-likeness (QED) is 0.467. The Bertz CT molecular complexity index is 884. The summed E-state index contributed by atoms with van der Waals surface area (Å²) in [6, 6.07) is 16.1. The Morgan fingerprint density at radius 3 is 2.42 bits per heavy atom. The van der Waals surface area contributed by atoms with Crippen LogP contribution in [-0.2, 0) is 4.79 Å². The number of anilines is 1. The lowest BCUT2D eigenvalue weighted by atomic mass is 10.2. The summed E-state index contributed by atoms with van der Waals surface area (Å²) in [5, 5.41) is 12.2. The highest BCUT2D eigenvalue weighted by Crippen LogP contribution is 2.29. The van der Waals surface area contributed by atoms with Gasteiger partial charge in [0, 0.05) is 16.8 Å². The number of nitriles is 1. The molecule has 2 rings (SSSR count). The summed E-state index contributed by atoms with van der Waals surface area (Å²) < 4.78 is 10.3. The van der Waals surface area contributed by atoms with Crippen LogP contribution in [-0.4, -0.2) is 20.1 Å². The molecular weight excluding hydrogens is 352 g/mol. The largest absolute Gasteiger partial charge is 0.493 e. The van der Waals surface area contributed by atoms with Crippen molar-refractivity contribution in [3.8, 4) is 17.6 Å². The summed E-state index contributed by atoms with van der Waals surface area (Å²) in [4.78, 5) is 12.3. The molecule has 6 heteroatoms. The van der Waals surface area contributed by atoms with E-state index in [1.165, 1.54) is 20.3 Å². The maximum absolute atomic E-state index is 12.3. The molecule has 0 spiro atoms. The molecule has 0 radical (unpaired) electrons.